The Labute approximate surface area is 146 Å². The van der Waals surface area contributed by atoms with Crippen LogP contribution in [0.5, 0.6) is 5.75 Å². The van der Waals surface area contributed by atoms with Crippen LogP contribution in [0.4, 0.5) is 0 Å². The molecule has 0 saturated heterocycles. The van der Waals surface area contributed by atoms with Crippen molar-refractivity contribution in [1.29, 1.82) is 0 Å². The summed E-state index contributed by atoms with van der Waals surface area (Å²) in [5, 5.41) is 0.521. The van der Waals surface area contributed by atoms with Gasteiger partial charge in [0.25, 0.3) is 17.7 Å². The number of hydrogen-bond donors (Lipinski definition) is 0. The number of halogens is 2. The van der Waals surface area contributed by atoms with Gasteiger partial charge in [-0.3, -0.25) is 0 Å². The Kier molecular flexibility index (Phi) is 4.60. The minimum Gasteiger partial charge on any atom is -0.444 e. The van der Waals surface area contributed by atoms with E-state index in [1.54, 1.807) is 49.4 Å². The highest BCUT2D eigenvalue weighted by atomic mass is 35.7. The average molecular weight is 390 g/mol. The molecule has 0 spiro atoms. The van der Waals surface area contributed by atoms with E-state index in [0.717, 1.165) is 5.56 Å². The smallest absolute Gasteiger partial charge is 0.281 e. The van der Waals surface area contributed by atoms with E-state index in [1.165, 1.54) is 4.08 Å². The summed E-state index contributed by atoms with van der Waals surface area (Å²) in [5.41, 5.74) is 1.68. The fraction of sp³-hybridized carbons (Fsp3) is 0.200. The number of hydrogen-bond acceptors (Lipinski definition) is 3. The van der Waals surface area contributed by atoms with Crippen LogP contribution >= 0.6 is 30.5 Å². The van der Waals surface area contributed by atoms with Gasteiger partial charge in [0.05, 0.1) is 10.9 Å². The first-order valence-corrected chi connectivity index (χ1v) is 10.8. The highest BCUT2D eigenvalue weighted by Gasteiger charge is 2.42. The van der Waals surface area contributed by atoms with Crippen molar-refractivity contribution in [3.05, 3.63) is 58.6 Å². The van der Waals surface area contributed by atoms with Gasteiger partial charge in [-0.1, -0.05) is 29.3 Å². The summed E-state index contributed by atoms with van der Waals surface area (Å²) in [7, 11) is -5.61. The van der Waals surface area contributed by atoms with Gasteiger partial charge in [0.2, 0.25) is 0 Å². The summed E-state index contributed by atoms with van der Waals surface area (Å²) in [6.45, 7) is 3.68. The molecule has 0 saturated carbocycles. The van der Waals surface area contributed by atoms with Crippen molar-refractivity contribution in [3.8, 4) is 5.75 Å². The maximum absolute atomic E-state index is 13.0. The maximum atomic E-state index is 13.0. The molecule has 0 bridgehead atoms. The molecule has 3 rings (SSSR count). The van der Waals surface area contributed by atoms with Crippen LogP contribution in [0.25, 0.3) is 0 Å². The number of aryl methyl sites for hydroxylation is 1. The summed E-state index contributed by atoms with van der Waals surface area (Å²) >= 11 is 12.3. The lowest BCUT2D eigenvalue weighted by atomic mass is 10.1. The zero-order valence-electron chi connectivity index (χ0n) is 12.4. The lowest BCUT2D eigenvalue weighted by Gasteiger charge is -2.36. The van der Waals surface area contributed by atoms with Crippen molar-refractivity contribution in [3.63, 3.8) is 0 Å². The molecule has 0 aliphatic carbocycles. The predicted molar refractivity (Wildman–Crippen MR) is 93.5 cm³/mol. The molecule has 0 radical (unpaired) electrons. The topological polar surface area (TPSA) is 46.6 Å². The van der Waals surface area contributed by atoms with E-state index in [4.69, 9.17) is 27.4 Å². The molecule has 4 nitrogen and oxygen atoms in total. The van der Waals surface area contributed by atoms with Gasteiger partial charge in [-0.2, -0.15) is 0 Å². The molecule has 2 aromatic carbocycles. The second-order valence-electron chi connectivity index (χ2n) is 5.27. The Hall–Kier alpha value is -0.840. The van der Waals surface area contributed by atoms with Crippen molar-refractivity contribution in [2.24, 2.45) is 0 Å². The van der Waals surface area contributed by atoms with Crippen molar-refractivity contribution < 1.29 is 12.9 Å². The van der Waals surface area contributed by atoms with Gasteiger partial charge in [0.1, 0.15) is 5.75 Å². The largest absolute Gasteiger partial charge is 0.444 e. The summed E-state index contributed by atoms with van der Waals surface area (Å²) < 4.78 is 32.8. The van der Waals surface area contributed by atoms with Crippen molar-refractivity contribution in [1.82, 2.24) is 4.08 Å². The third-order valence-electron chi connectivity index (χ3n) is 3.65. The molecular formula is C15H14Cl2NO3PS. The van der Waals surface area contributed by atoms with E-state index < -0.39 is 23.7 Å². The Morgan fingerprint density at radius 1 is 1.17 bits per heavy atom. The monoisotopic (exact) mass is 389 g/mol. The first-order chi connectivity index (χ1) is 10.8. The van der Waals surface area contributed by atoms with Crippen LogP contribution in [-0.4, -0.2) is 12.5 Å². The van der Waals surface area contributed by atoms with Crippen LogP contribution in [0, 0.1) is 6.92 Å². The SMILES string of the molecule is Cc1ccc(S(=O)(=O)N2C(C)c3cc(Cl)ccc3O[P@@]2Cl)cc1. The van der Waals surface area contributed by atoms with Gasteiger partial charge in [-0.05, 0) is 55.4 Å². The Morgan fingerprint density at radius 3 is 2.48 bits per heavy atom. The third kappa shape index (κ3) is 3.09. The van der Waals surface area contributed by atoms with E-state index in [1.807, 2.05) is 6.92 Å². The molecule has 1 unspecified atom stereocenters. The maximum Gasteiger partial charge on any atom is 0.281 e. The highest BCUT2D eigenvalue weighted by Crippen LogP contribution is 2.59. The molecule has 1 aliphatic heterocycles. The fourth-order valence-corrected chi connectivity index (χ4v) is 7.03. The van der Waals surface area contributed by atoms with Gasteiger partial charge < -0.3 is 4.52 Å². The molecule has 0 amide bonds. The summed E-state index contributed by atoms with van der Waals surface area (Å²) in [5.74, 6) is 0.568. The molecule has 122 valence electrons. The molecule has 8 heteroatoms. The Bertz CT molecular complexity index is 842. The standard InChI is InChI=1S/C15H14Cl2NO3PS/c1-10-3-6-13(7-4-10)23(19,20)18-11(2)14-9-12(16)5-8-15(14)21-22(18)17/h3-9,11H,1-2H3/t11?,22-/m0/s1. The van der Waals surface area contributed by atoms with Crippen LogP contribution in [-0.2, 0) is 10.0 Å². The molecule has 2 aromatic rings. The van der Waals surface area contributed by atoms with Gasteiger partial charge in [-0.15, -0.1) is 4.08 Å². The number of rotatable bonds is 2. The molecule has 1 heterocycles. The first kappa shape index (κ1) is 17.0. The number of benzene rings is 2. The summed E-state index contributed by atoms with van der Waals surface area (Å²) in [6, 6.07) is 11.3. The second-order valence-corrected chi connectivity index (χ2v) is 9.72. The summed E-state index contributed by atoms with van der Waals surface area (Å²) in [6.07, 6.45) is 0. The van der Waals surface area contributed by atoms with Gasteiger partial charge >= 0.3 is 0 Å². The number of fused-ring (bicyclic) bond motifs is 1. The van der Waals surface area contributed by atoms with Crippen LogP contribution in [0.1, 0.15) is 24.1 Å². The van der Waals surface area contributed by atoms with E-state index >= 15 is 0 Å². The second kappa shape index (κ2) is 6.23. The van der Waals surface area contributed by atoms with Crippen LogP contribution in [0.15, 0.2) is 47.4 Å². The quantitative estimate of drug-likeness (QED) is 0.658. The van der Waals surface area contributed by atoms with Gasteiger partial charge in [0.15, 0.2) is 0 Å². The molecule has 1 aliphatic rings. The van der Waals surface area contributed by atoms with Crippen molar-refractivity contribution in [2.75, 3.05) is 0 Å². The van der Waals surface area contributed by atoms with Gasteiger partial charge in [0, 0.05) is 10.6 Å². The molecular weight excluding hydrogens is 376 g/mol. The molecule has 23 heavy (non-hydrogen) atoms. The minimum absolute atomic E-state index is 0.192. The predicted octanol–water partition coefficient (Wildman–Crippen LogP) is 5.26. The van der Waals surface area contributed by atoms with Gasteiger partial charge in [-0.25, -0.2) is 8.42 Å². The van der Waals surface area contributed by atoms with E-state index in [-0.39, 0.29) is 4.90 Å². The van der Waals surface area contributed by atoms with Crippen LogP contribution in [0.3, 0.4) is 0 Å². The average Bonchev–Trinajstić information content (AvgIpc) is 2.48. The zero-order chi connectivity index (χ0) is 16.8. The first-order valence-electron chi connectivity index (χ1n) is 6.85. The van der Waals surface area contributed by atoms with E-state index in [2.05, 4.69) is 0 Å². The van der Waals surface area contributed by atoms with E-state index in [0.29, 0.717) is 16.3 Å². The number of sulfonamides is 1. The molecule has 2 atom stereocenters. The zero-order valence-corrected chi connectivity index (χ0v) is 15.6. The molecule has 0 aromatic heterocycles. The van der Waals surface area contributed by atoms with E-state index in [9.17, 15) is 8.42 Å². The Balaban J connectivity index is 2.07. The van der Waals surface area contributed by atoms with Crippen molar-refractivity contribution in [2.45, 2.75) is 24.8 Å². The van der Waals surface area contributed by atoms with Crippen LogP contribution < -0.4 is 4.52 Å². The third-order valence-corrected chi connectivity index (χ3v) is 8.62. The summed E-state index contributed by atoms with van der Waals surface area (Å²) in [4.78, 5) is 0.192. The molecule has 0 N–H and O–H groups in total. The lowest BCUT2D eigenvalue weighted by molar-refractivity contribution is 0.422. The fourth-order valence-electron chi connectivity index (χ4n) is 2.42. The Morgan fingerprint density at radius 2 is 1.83 bits per heavy atom. The highest BCUT2D eigenvalue weighted by molar-refractivity contribution is 7.98. The minimum atomic E-state index is -3.77. The van der Waals surface area contributed by atoms with Crippen LogP contribution in [0.2, 0.25) is 5.02 Å². The normalized spacial score (nSPS) is 21.6. The number of nitrogens with zero attached hydrogens (tertiary/aromatic N) is 1. The van der Waals surface area contributed by atoms with Crippen molar-refractivity contribution >= 4 is 40.5 Å². The lowest BCUT2D eigenvalue weighted by Crippen LogP contribution is -2.32. The molecule has 0 fully saturated rings.